The quantitative estimate of drug-likeness (QED) is 0.827. The van der Waals surface area contributed by atoms with Crippen LogP contribution in [0.3, 0.4) is 0 Å². The third-order valence-electron chi connectivity index (χ3n) is 3.28. The van der Waals surface area contributed by atoms with Gasteiger partial charge in [-0.15, -0.1) is 23.5 Å². The maximum atomic E-state index is 12.0. The Balaban J connectivity index is 1.91. The van der Waals surface area contributed by atoms with Crippen LogP contribution in [0.5, 0.6) is 0 Å². The van der Waals surface area contributed by atoms with E-state index in [1.54, 1.807) is 12.1 Å². The molecule has 1 aliphatic heterocycles. The number of methoxy groups -OCH3 is 1. The predicted molar refractivity (Wildman–Crippen MR) is 89.5 cm³/mol. The molecule has 120 valence electrons. The molecule has 2 rings (SSSR count). The number of rotatable bonds is 6. The summed E-state index contributed by atoms with van der Waals surface area (Å²) in [5, 5.41) is 11.4. The van der Waals surface area contributed by atoms with Crippen molar-refractivity contribution < 1.29 is 19.4 Å². The van der Waals surface area contributed by atoms with Crippen molar-refractivity contribution in [1.29, 1.82) is 0 Å². The molecule has 1 atom stereocenters. The second kappa shape index (κ2) is 8.45. The second-order valence-corrected chi connectivity index (χ2v) is 7.55. The fourth-order valence-electron chi connectivity index (χ4n) is 2.03. The molecule has 0 saturated carbocycles. The van der Waals surface area contributed by atoms with E-state index in [4.69, 9.17) is 9.84 Å². The van der Waals surface area contributed by atoms with Crippen molar-refractivity contribution in [1.82, 2.24) is 5.32 Å². The van der Waals surface area contributed by atoms with Gasteiger partial charge in [0.2, 0.25) is 0 Å². The van der Waals surface area contributed by atoms with Gasteiger partial charge in [0.15, 0.2) is 6.10 Å². The standard InChI is InChI=1S/C15H19NO4S2/c1-20-12(14(18)19)9-16-13(17)10-3-5-11(6-4-10)15-21-7-2-8-22-15/h3-6,12,15H,2,7-9H2,1H3,(H,16,17)(H,18,19). The lowest BCUT2D eigenvalue weighted by Gasteiger charge is -2.21. The van der Waals surface area contributed by atoms with Crippen molar-refractivity contribution in [2.45, 2.75) is 17.1 Å². The van der Waals surface area contributed by atoms with Crippen LogP contribution in [-0.2, 0) is 9.53 Å². The van der Waals surface area contributed by atoms with Gasteiger partial charge < -0.3 is 15.2 Å². The summed E-state index contributed by atoms with van der Waals surface area (Å²) < 4.78 is 5.22. The lowest BCUT2D eigenvalue weighted by molar-refractivity contribution is -0.148. The molecule has 22 heavy (non-hydrogen) atoms. The van der Waals surface area contributed by atoms with E-state index in [2.05, 4.69) is 5.32 Å². The van der Waals surface area contributed by atoms with Crippen molar-refractivity contribution >= 4 is 35.4 Å². The molecule has 0 radical (unpaired) electrons. The van der Waals surface area contributed by atoms with Crippen molar-refractivity contribution in [3.63, 3.8) is 0 Å². The number of hydrogen-bond donors (Lipinski definition) is 2. The van der Waals surface area contributed by atoms with E-state index in [0.717, 1.165) is 0 Å². The monoisotopic (exact) mass is 341 g/mol. The molecule has 0 aliphatic carbocycles. The van der Waals surface area contributed by atoms with Crippen LogP contribution in [-0.4, -0.2) is 48.2 Å². The van der Waals surface area contributed by atoms with Crippen LogP contribution in [0.25, 0.3) is 0 Å². The molecule has 7 heteroatoms. The Morgan fingerprint density at radius 1 is 1.32 bits per heavy atom. The molecule has 0 spiro atoms. The van der Waals surface area contributed by atoms with E-state index in [-0.39, 0.29) is 12.5 Å². The topological polar surface area (TPSA) is 75.6 Å². The number of thioether (sulfide) groups is 2. The van der Waals surface area contributed by atoms with Crippen LogP contribution >= 0.6 is 23.5 Å². The summed E-state index contributed by atoms with van der Waals surface area (Å²) in [6.45, 7) is -0.0548. The molecule has 1 saturated heterocycles. The van der Waals surface area contributed by atoms with Gasteiger partial charge >= 0.3 is 5.97 Å². The smallest absolute Gasteiger partial charge is 0.334 e. The highest BCUT2D eigenvalue weighted by Crippen LogP contribution is 2.43. The first-order valence-electron chi connectivity index (χ1n) is 6.99. The lowest BCUT2D eigenvalue weighted by Crippen LogP contribution is -2.37. The van der Waals surface area contributed by atoms with Gasteiger partial charge in [-0.2, -0.15) is 0 Å². The summed E-state index contributed by atoms with van der Waals surface area (Å²) in [5.41, 5.74) is 1.74. The van der Waals surface area contributed by atoms with E-state index >= 15 is 0 Å². The lowest BCUT2D eigenvalue weighted by atomic mass is 10.1. The summed E-state index contributed by atoms with van der Waals surface area (Å²) in [4.78, 5) is 22.8. The van der Waals surface area contributed by atoms with Gasteiger partial charge in [0, 0.05) is 12.7 Å². The van der Waals surface area contributed by atoms with Crippen molar-refractivity contribution in [3.05, 3.63) is 35.4 Å². The van der Waals surface area contributed by atoms with Crippen molar-refractivity contribution in [2.75, 3.05) is 25.2 Å². The summed E-state index contributed by atoms with van der Waals surface area (Å²) in [6.07, 6.45) is 0.217. The Labute approximate surface area is 138 Å². The highest BCUT2D eigenvalue weighted by molar-refractivity contribution is 8.16. The maximum absolute atomic E-state index is 12.0. The SMILES string of the molecule is COC(CNC(=O)c1ccc(C2SCCCS2)cc1)C(=O)O. The maximum Gasteiger partial charge on any atom is 0.334 e. The molecular weight excluding hydrogens is 322 g/mol. The number of carbonyl (C=O) groups is 2. The average Bonchev–Trinajstić information content (AvgIpc) is 2.56. The van der Waals surface area contributed by atoms with Crippen LogP contribution in [0.15, 0.2) is 24.3 Å². The largest absolute Gasteiger partial charge is 0.479 e. The van der Waals surface area contributed by atoms with Gasteiger partial charge in [-0.1, -0.05) is 12.1 Å². The number of carboxylic acid groups (broad SMARTS) is 1. The summed E-state index contributed by atoms with van der Waals surface area (Å²) in [5.74, 6) is 0.962. The van der Waals surface area contributed by atoms with Crippen LogP contribution in [0.2, 0.25) is 0 Å². The first-order valence-corrected chi connectivity index (χ1v) is 9.08. The van der Waals surface area contributed by atoms with Crippen LogP contribution < -0.4 is 5.32 Å². The molecule has 1 aromatic rings. The van der Waals surface area contributed by atoms with Gasteiger partial charge in [0.25, 0.3) is 5.91 Å². The summed E-state index contributed by atoms with van der Waals surface area (Å²) >= 11 is 3.86. The molecule has 1 aromatic carbocycles. The van der Waals surface area contributed by atoms with E-state index in [1.807, 2.05) is 35.7 Å². The first-order chi connectivity index (χ1) is 10.6. The van der Waals surface area contributed by atoms with Gasteiger partial charge in [-0.3, -0.25) is 4.79 Å². The minimum atomic E-state index is -1.09. The summed E-state index contributed by atoms with van der Waals surface area (Å²) in [6, 6.07) is 7.50. The van der Waals surface area contributed by atoms with Gasteiger partial charge in [-0.25, -0.2) is 4.79 Å². The molecule has 1 amide bonds. The highest BCUT2D eigenvalue weighted by atomic mass is 32.2. The number of amides is 1. The van der Waals surface area contributed by atoms with E-state index < -0.39 is 12.1 Å². The fourth-order valence-corrected chi connectivity index (χ4v) is 4.93. The van der Waals surface area contributed by atoms with Gasteiger partial charge in [0.1, 0.15) is 0 Å². The van der Waals surface area contributed by atoms with Crippen molar-refractivity contribution in [2.24, 2.45) is 0 Å². The predicted octanol–water partition coefficient (Wildman–Crippen LogP) is 2.38. The first kappa shape index (κ1) is 17.2. The minimum Gasteiger partial charge on any atom is -0.479 e. The van der Waals surface area contributed by atoms with E-state index in [0.29, 0.717) is 10.1 Å². The van der Waals surface area contributed by atoms with Gasteiger partial charge in [-0.05, 0) is 35.6 Å². The average molecular weight is 341 g/mol. The minimum absolute atomic E-state index is 0.0548. The molecule has 1 heterocycles. The molecule has 0 bridgehead atoms. The molecule has 0 aromatic heterocycles. The molecule has 5 nitrogen and oxygen atoms in total. The van der Waals surface area contributed by atoms with Crippen LogP contribution in [0.4, 0.5) is 0 Å². The number of aliphatic carboxylic acids is 1. The molecule has 1 fully saturated rings. The normalized spacial score (nSPS) is 17.0. The number of hydrogen-bond acceptors (Lipinski definition) is 5. The van der Waals surface area contributed by atoms with Gasteiger partial charge in [0.05, 0.1) is 11.1 Å². The zero-order valence-electron chi connectivity index (χ0n) is 12.3. The molecule has 1 aliphatic rings. The zero-order valence-corrected chi connectivity index (χ0v) is 13.9. The molecule has 2 N–H and O–H groups in total. The Morgan fingerprint density at radius 2 is 1.95 bits per heavy atom. The Hall–Kier alpha value is -1.18. The Kier molecular flexibility index (Phi) is 6.60. The van der Waals surface area contributed by atoms with Crippen LogP contribution in [0, 0.1) is 0 Å². The Bertz CT molecular complexity index is 515. The number of benzene rings is 1. The van der Waals surface area contributed by atoms with Crippen LogP contribution in [0.1, 0.15) is 26.9 Å². The number of ether oxygens (including phenoxy) is 1. The van der Waals surface area contributed by atoms with Crippen molar-refractivity contribution in [3.8, 4) is 0 Å². The third kappa shape index (κ3) is 4.66. The number of nitrogens with one attached hydrogen (secondary N) is 1. The second-order valence-electron chi connectivity index (χ2n) is 4.82. The summed E-state index contributed by atoms with van der Waals surface area (Å²) in [7, 11) is 1.30. The zero-order chi connectivity index (χ0) is 15.9. The fraction of sp³-hybridized carbons (Fsp3) is 0.467. The third-order valence-corrected chi connectivity index (χ3v) is 6.30. The molecular formula is C15H19NO4S2. The number of carboxylic acids is 1. The number of carbonyl (C=O) groups excluding carboxylic acids is 1. The van der Waals surface area contributed by atoms with E-state index in [1.165, 1.54) is 30.6 Å². The highest BCUT2D eigenvalue weighted by Gasteiger charge is 2.19. The van der Waals surface area contributed by atoms with E-state index in [9.17, 15) is 9.59 Å². The molecule has 1 unspecified atom stereocenters. The Morgan fingerprint density at radius 3 is 2.50 bits per heavy atom.